The Hall–Kier alpha value is -2.65. The molecule has 1 atom stereocenters. The van der Waals surface area contributed by atoms with E-state index < -0.39 is 0 Å². The molecule has 2 aromatic rings. The number of amides is 1. The number of benzene rings is 1. The molecule has 0 aliphatic carbocycles. The van der Waals surface area contributed by atoms with Crippen LogP contribution in [-0.4, -0.2) is 58.5 Å². The number of carbonyl (C=O) groups excluding carboxylic acids is 1. The Kier molecular flexibility index (Phi) is 5.68. The van der Waals surface area contributed by atoms with Gasteiger partial charge in [0.15, 0.2) is 0 Å². The highest BCUT2D eigenvalue weighted by molar-refractivity contribution is 5.95. The van der Waals surface area contributed by atoms with Crippen molar-refractivity contribution in [3.05, 3.63) is 36.0 Å². The molecule has 6 nitrogen and oxygen atoms in total. The highest BCUT2D eigenvalue weighted by atomic mass is 16.5. The third-order valence-electron chi connectivity index (χ3n) is 6.05. The topological polar surface area (TPSA) is 69.5 Å². The smallest absolute Gasteiger partial charge is 0.273 e. The van der Waals surface area contributed by atoms with Gasteiger partial charge in [-0.1, -0.05) is 6.07 Å². The zero-order valence-electron chi connectivity index (χ0n) is 17.2. The molecular weight excluding hydrogens is 364 g/mol. The van der Waals surface area contributed by atoms with Gasteiger partial charge in [-0.05, 0) is 63.8 Å². The molecule has 2 aliphatic heterocycles. The lowest BCUT2D eigenvalue weighted by atomic mass is 10.1. The highest BCUT2D eigenvalue weighted by Gasteiger charge is 2.30. The van der Waals surface area contributed by atoms with Crippen LogP contribution in [0.2, 0.25) is 0 Å². The lowest BCUT2D eigenvalue weighted by Gasteiger charge is -2.34. The zero-order valence-corrected chi connectivity index (χ0v) is 17.2. The molecule has 2 aliphatic rings. The number of nitriles is 1. The van der Waals surface area contributed by atoms with Crippen LogP contribution in [-0.2, 0) is 0 Å². The van der Waals surface area contributed by atoms with E-state index in [1.54, 1.807) is 11.0 Å². The summed E-state index contributed by atoms with van der Waals surface area (Å²) in [6.07, 6.45) is 3.94. The predicted molar refractivity (Wildman–Crippen MR) is 112 cm³/mol. The first-order valence-electron chi connectivity index (χ1n) is 10.6. The summed E-state index contributed by atoms with van der Waals surface area (Å²) in [5.41, 5.74) is 1.17. The van der Waals surface area contributed by atoms with Crippen molar-refractivity contribution >= 4 is 16.8 Å². The minimum Gasteiger partial charge on any atom is -0.490 e. The fourth-order valence-electron chi connectivity index (χ4n) is 4.29. The number of carbonyl (C=O) groups is 1. The van der Waals surface area contributed by atoms with E-state index in [0.29, 0.717) is 18.3 Å². The number of nitrogens with zero attached hydrogens (tertiary/aromatic N) is 4. The van der Waals surface area contributed by atoms with Gasteiger partial charge in [0.25, 0.3) is 5.91 Å². The van der Waals surface area contributed by atoms with Gasteiger partial charge in [-0.3, -0.25) is 4.79 Å². The first-order valence-corrected chi connectivity index (χ1v) is 10.6. The van der Waals surface area contributed by atoms with Crippen LogP contribution in [0.25, 0.3) is 10.9 Å². The molecule has 0 bridgehead atoms. The van der Waals surface area contributed by atoms with E-state index >= 15 is 0 Å². The highest BCUT2D eigenvalue weighted by Crippen LogP contribution is 2.25. The van der Waals surface area contributed by atoms with Gasteiger partial charge in [0.05, 0.1) is 11.6 Å². The molecule has 2 fully saturated rings. The van der Waals surface area contributed by atoms with Crippen molar-refractivity contribution in [1.82, 2.24) is 14.8 Å². The standard InChI is InChI=1S/C23H28N4O2/c1-16(2)26-12-9-19(10-13-26)29-20-6-8-21-17(14-20)5-7-22(25-21)23(28)27-11-3-4-18(27)15-24/h5-8,14,16,18-19H,3-4,9-13H2,1-2H3/t18-/m1/s1. The summed E-state index contributed by atoms with van der Waals surface area (Å²) in [4.78, 5) is 21.4. The summed E-state index contributed by atoms with van der Waals surface area (Å²) < 4.78 is 6.21. The Labute approximate surface area is 172 Å². The quantitative estimate of drug-likeness (QED) is 0.795. The normalized spacial score (nSPS) is 20.9. The number of pyridine rings is 1. The molecule has 2 saturated heterocycles. The van der Waals surface area contributed by atoms with Gasteiger partial charge in [-0.15, -0.1) is 0 Å². The largest absolute Gasteiger partial charge is 0.490 e. The van der Waals surface area contributed by atoms with Gasteiger partial charge in [0.1, 0.15) is 23.6 Å². The molecule has 6 heteroatoms. The predicted octanol–water partition coefficient (Wildman–Crippen LogP) is 3.61. The maximum absolute atomic E-state index is 12.7. The number of fused-ring (bicyclic) bond motifs is 1. The number of hydrogen-bond donors (Lipinski definition) is 0. The van der Waals surface area contributed by atoms with Crippen LogP contribution in [0, 0.1) is 11.3 Å². The summed E-state index contributed by atoms with van der Waals surface area (Å²) in [6.45, 7) is 7.24. The van der Waals surface area contributed by atoms with E-state index in [9.17, 15) is 10.1 Å². The number of likely N-dealkylation sites (tertiary alicyclic amines) is 2. The van der Waals surface area contributed by atoms with Gasteiger partial charge < -0.3 is 14.5 Å². The summed E-state index contributed by atoms with van der Waals surface area (Å²) >= 11 is 0. The summed E-state index contributed by atoms with van der Waals surface area (Å²) in [6, 6.07) is 12.0. The van der Waals surface area contributed by atoms with Crippen molar-refractivity contribution in [2.75, 3.05) is 19.6 Å². The molecule has 0 spiro atoms. The average Bonchev–Trinajstić information content (AvgIpc) is 3.22. The van der Waals surface area contributed by atoms with Gasteiger partial charge >= 0.3 is 0 Å². The number of hydrogen-bond acceptors (Lipinski definition) is 5. The minimum absolute atomic E-state index is 0.159. The van der Waals surface area contributed by atoms with Crippen LogP contribution in [0.1, 0.15) is 50.0 Å². The molecule has 1 aromatic heterocycles. The summed E-state index contributed by atoms with van der Waals surface area (Å²) in [5, 5.41) is 10.2. The monoisotopic (exact) mass is 392 g/mol. The Bertz CT molecular complexity index is 928. The fourth-order valence-corrected chi connectivity index (χ4v) is 4.29. The van der Waals surface area contributed by atoms with Crippen molar-refractivity contribution in [2.24, 2.45) is 0 Å². The second-order valence-corrected chi connectivity index (χ2v) is 8.28. The van der Waals surface area contributed by atoms with Crippen LogP contribution in [0.3, 0.4) is 0 Å². The van der Waals surface area contributed by atoms with E-state index in [1.807, 2.05) is 24.3 Å². The van der Waals surface area contributed by atoms with Crippen molar-refractivity contribution in [1.29, 1.82) is 5.26 Å². The van der Waals surface area contributed by atoms with Crippen LogP contribution < -0.4 is 4.74 Å². The molecule has 0 unspecified atom stereocenters. The molecular formula is C23H28N4O2. The average molecular weight is 393 g/mol. The minimum atomic E-state index is -0.335. The molecule has 3 heterocycles. The maximum Gasteiger partial charge on any atom is 0.273 e. The number of rotatable bonds is 4. The molecule has 1 amide bonds. The van der Waals surface area contributed by atoms with E-state index in [4.69, 9.17) is 4.74 Å². The van der Waals surface area contributed by atoms with Gasteiger partial charge in [-0.25, -0.2) is 4.98 Å². The van der Waals surface area contributed by atoms with Crippen molar-refractivity contribution in [2.45, 2.75) is 57.7 Å². The third-order valence-corrected chi connectivity index (χ3v) is 6.05. The molecule has 0 saturated carbocycles. The maximum atomic E-state index is 12.7. The Morgan fingerprint density at radius 1 is 1.17 bits per heavy atom. The van der Waals surface area contributed by atoms with Crippen LogP contribution >= 0.6 is 0 Å². The fraction of sp³-hybridized carbons (Fsp3) is 0.522. The molecule has 4 rings (SSSR count). The summed E-state index contributed by atoms with van der Waals surface area (Å²) in [5.74, 6) is 0.693. The van der Waals surface area contributed by atoms with Crippen LogP contribution in [0.5, 0.6) is 5.75 Å². The van der Waals surface area contributed by atoms with Crippen molar-refractivity contribution in [3.8, 4) is 11.8 Å². The molecule has 29 heavy (non-hydrogen) atoms. The molecule has 1 aromatic carbocycles. The van der Waals surface area contributed by atoms with E-state index in [-0.39, 0.29) is 18.1 Å². The Balaban J connectivity index is 1.45. The molecule has 0 N–H and O–H groups in total. The lowest BCUT2D eigenvalue weighted by Crippen LogP contribution is -2.41. The molecule has 0 radical (unpaired) electrons. The second-order valence-electron chi connectivity index (χ2n) is 8.28. The van der Waals surface area contributed by atoms with E-state index in [0.717, 1.165) is 55.4 Å². The van der Waals surface area contributed by atoms with Gasteiger partial charge in [0, 0.05) is 31.1 Å². The third kappa shape index (κ3) is 4.20. The number of ether oxygens (including phenoxy) is 1. The van der Waals surface area contributed by atoms with E-state index in [1.165, 1.54) is 0 Å². The number of aromatic nitrogens is 1. The van der Waals surface area contributed by atoms with Crippen LogP contribution in [0.15, 0.2) is 30.3 Å². The Morgan fingerprint density at radius 2 is 1.97 bits per heavy atom. The number of piperidine rings is 1. The molecule has 152 valence electrons. The lowest BCUT2D eigenvalue weighted by molar-refractivity contribution is 0.0759. The first-order chi connectivity index (χ1) is 14.0. The van der Waals surface area contributed by atoms with Crippen molar-refractivity contribution in [3.63, 3.8) is 0 Å². The Morgan fingerprint density at radius 3 is 2.69 bits per heavy atom. The van der Waals surface area contributed by atoms with Gasteiger partial charge in [0.2, 0.25) is 0 Å². The second kappa shape index (κ2) is 8.38. The van der Waals surface area contributed by atoms with Gasteiger partial charge in [-0.2, -0.15) is 5.26 Å². The summed E-state index contributed by atoms with van der Waals surface area (Å²) in [7, 11) is 0. The SMILES string of the molecule is CC(C)N1CCC(Oc2ccc3nc(C(=O)N4CCC[C@@H]4C#N)ccc3c2)CC1. The zero-order chi connectivity index (χ0) is 20.4. The van der Waals surface area contributed by atoms with E-state index in [2.05, 4.69) is 29.8 Å². The van der Waals surface area contributed by atoms with Crippen LogP contribution in [0.4, 0.5) is 0 Å². The van der Waals surface area contributed by atoms with Crippen molar-refractivity contribution < 1.29 is 9.53 Å². The first kappa shape index (κ1) is 19.7.